The van der Waals surface area contributed by atoms with Gasteiger partial charge in [0.2, 0.25) is 0 Å². The Labute approximate surface area is 109 Å². The monoisotopic (exact) mass is 252 g/mol. The highest BCUT2D eigenvalue weighted by atomic mass is 16.1. The van der Waals surface area contributed by atoms with Gasteiger partial charge in [-0.1, -0.05) is 20.3 Å². The summed E-state index contributed by atoms with van der Waals surface area (Å²) < 4.78 is 1.54. The molecule has 0 aliphatic rings. The summed E-state index contributed by atoms with van der Waals surface area (Å²) in [5.74, 6) is 0.479. The lowest BCUT2D eigenvalue weighted by molar-refractivity contribution is 0.408. The first-order chi connectivity index (χ1) is 8.58. The molecule has 0 radical (unpaired) electrons. The maximum absolute atomic E-state index is 11.9. The van der Waals surface area contributed by atoms with Gasteiger partial charge in [0.05, 0.1) is 11.9 Å². The Hall–Kier alpha value is -1.36. The number of likely N-dealkylation sites (N-methyl/N-ethyl adjacent to an activating group) is 1. The van der Waals surface area contributed by atoms with E-state index in [-0.39, 0.29) is 5.56 Å². The van der Waals surface area contributed by atoms with Crippen LogP contribution in [0, 0.1) is 5.92 Å². The SMILES string of the molecule is CCCC(C)Cn1ncc(N(C)CCN)cc1=O. The molecule has 0 saturated carbocycles. The molecule has 2 N–H and O–H groups in total. The van der Waals surface area contributed by atoms with E-state index < -0.39 is 0 Å². The smallest absolute Gasteiger partial charge is 0.268 e. The molecule has 0 amide bonds. The number of hydrogen-bond acceptors (Lipinski definition) is 4. The zero-order valence-electron chi connectivity index (χ0n) is 11.6. The van der Waals surface area contributed by atoms with E-state index in [4.69, 9.17) is 5.73 Å². The highest BCUT2D eigenvalue weighted by Crippen LogP contribution is 2.09. The molecule has 102 valence electrons. The molecular weight excluding hydrogens is 228 g/mol. The number of nitrogens with zero attached hydrogens (tertiary/aromatic N) is 3. The zero-order valence-corrected chi connectivity index (χ0v) is 11.6. The van der Waals surface area contributed by atoms with Crippen molar-refractivity contribution in [2.75, 3.05) is 25.0 Å². The van der Waals surface area contributed by atoms with Crippen molar-refractivity contribution in [1.82, 2.24) is 9.78 Å². The second-order valence-electron chi connectivity index (χ2n) is 4.84. The Balaban J connectivity index is 2.76. The van der Waals surface area contributed by atoms with Gasteiger partial charge in [-0.2, -0.15) is 5.10 Å². The van der Waals surface area contributed by atoms with Crippen LogP contribution in [0.4, 0.5) is 5.69 Å². The van der Waals surface area contributed by atoms with Crippen molar-refractivity contribution in [3.05, 3.63) is 22.6 Å². The quantitative estimate of drug-likeness (QED) is 0.788. The Morgan fingerprint density at radius 3 is 2.83 bits per heavy atom. The standard InChI is InChI=1S/C13H24N4O/c1-4-5-11(2)10-17-13(18)8-12(9-15-17)16(3)7-6-14/h8-9,11H,4-7,10,14H2,1-3H3. The average Bonchev–Trinajstić information content (AvgIpc) is 2.32. The molecule has 1 unspecified atom stereocenters. The average molecular weight is 252 g/mol. The van der Waals surface area contributed by atoms with Gasteiger partial charge in [-0.25, -0.2) is 4.68 Å². The summed E-state index contributed by atoms with van der Waals surface area (Å²) in [7, 11) is 1.91. The van der Waals surface area contributed by atoms with Crippen LogP contribution >= 0.6 is 0 Å². The minimum atomic E-state index is -0.0423. The van der Waals surface area contributed by atoms with E-state index >= 15 is 0 Å². The fourth-order valence-electron chi connectivity index (χ4n) is 1.97. The van der Waals surface area contributed by atoms with E-state index in [1.165, 1.54) is 0 Å². The fraction of sp³-hybridized carbons (Fsp3) is 0.692. The van der Waals surface area contributed by atoms with Crippen molar-refractivity contribution in [1.29, 1.82) is 0 Å². The number of rotatable bonds is 7. The van der Waals surface area contributed by atoms with E-state index in [0.717, 1.165) is 25.1 Å². The lowest BCUT2D eigenvalue weighted by Crippen LogP contribution is -2.29. The van der Waals surface area contributed by atoms with E-state index in [0.29, 0.717) is 19.0 Å². The van der Waals surface area contributed by atoms with Gasteiger partial charge in [0, 0.05) is 32.7 Å². The number of aromatic nitrogens is 2. The molecule has 1 atom stereocenters. The van der Waals surface area contributed by atoms with E-state index in [2.05, 4.69) is 18.9 Å². The van der Waals surface area contributed by atoms with Crippen molar-refractivity contribution in [3.8, 4) is 0 Å². The first kappa shape index (κ1) is 14.7. The third-order valence-corrected chi connectivity index (χ3v) is 3.03. The second-order valence-corrected chi connectivity index (χ2v) is 4.84. The van der Waals surface area contributed by atoms with Gasteiger partial charge in [-0.15, -0.1) is 0 Å². The molecule has 0 aliphatic carbocycles. The first-order valence-corrected chi connectivity index (χ1v) is 6.56. The van der Waals surface area contributed by atoms with E-state index in [9.17, 15) is 4.79 Å². The van der Waals surface area contributed by atoms with Crippen LogP contribution in [-0.2, 0) is 6.54 Å². The van der Waals surface area contributed by atoms with Gasteiger partial charge in [0.1, 0.15) is 0 Å². The summed E-state index contributed by atoms with van der Waals surface area (Å²) in [6, 6.07) is 1.63. The summed E-state index contributed by atoms with van der Waals surface area (Å²) in [5, 5.41) is 4.23. The number of hydrogen-bond donors (Lipinski definition) is 1. The summed E-state index contributed by atoms with van der Waals surface area (Å²) in [4.78, 5) is 13.9. The van der Waals surface area contributed by atoms with Crippen LogP contribution in [0.15, 0.2) is 17.1 Å². The molecular formula is C13H24N4O. The summed E-state index contributed by atoms with van der Waals surface area (Å²) in [6.07, 6.45) is 3.98. The molecule has 1 rings (SSSR count). The van der Waals surface area contributed by atoms with Gasteiger partial charge in [-0.05, 0) is 12.3 Å². The molecule has 0 aromatic carbocycles. The third-order valence-electron chi connectivity index (χ3n) is 3.03. The molecule has 0 bridgehead atoms. The third kappa shape index (κ3) is 4.14. The van der Waals surface area contributed by atoms with Crippen molar-refractivity contribution in [3.63, 3.8) is 0 Å². The van der Waals surface area contributed by atoms with Gasteiger partial charge < -0.3 is 10.6 Å². The highest BCUT2D eigenvalue weighted by molar-refractivity contribution is 5.41. The maximum atomic E-state index is 11.9. The van der Waals surface area contributed by atoms with Crippen LogP contribution < -0.4 is 16.2 Å². The summed E-state index contributed by atoms with van der Waals surface area (Å²) in [6.45, 7) is 6.27. The van der Waals surface area contributed by atoms with Crippen molar-refractivity contribution in [2.24, 2.45) is 11.7 Å². The van der Waals surface area contributed by atoms with Crippen LogP contribution in [-0.4, -0.2) is 29.9 Å². The minimum absolute atomic E-state index is 0.0423. The number of anilines is 1. The predicted octanol–water partition coefficient (Wildman–Crippen LogP) is 1.07. The largest absolute Gasteiger partial charge is 0.372 e. The first-order valence-electron chi connectivity index (χ1n) is 6.56. The van der Waals surface area contributed by atoms with Crippen LogP contribution in [0.1, 0.15) is 26.7 Å². The molecule has 5 nitrogen and oxygen atoms in total. The Kier molecular flexibility index (Phi) is 5.85. The molecule has 0 spiro atoms. The second kappa shape index (κ2) is 7.16. The van der Waals surface area contributed by atoms with Crippen LogP contribution in [0.25, 0.3) is 0 Å². The van der Waals surface area contributed by atoms with Crippen molar-refractivity contribution >= 4 is 5.69 Å². The Bertz CT molecular complexity index is 416. The molecule has 1 aromatic heterocycles. The zero-order chi connectivity index (χ0) is 13.5. The van der Waals surface area contributed by atoms with Gasteiger partial charge in [0.25, 0.3) is 5.56 Å². The normalized spacial score (nSPS) is 12.4. The van der Waals surface area contributed by atoms with E-state index in [1.807, 2.05) is 11.9 Å². The van der Waals surface area contributed by atoms with Gasteiger partial charge >= 0.3 is 0 Å². The maximum Gasteiger partial charge on any atom is 0.268 e. The molecule has 0 saturated heterocycles. The number of nitrogens with two attached hydrogens (primary N) is 1. The van der Waals surface area contributed by atoms with Crippen LogP contribution in [0.3, 0.4) is 0 Å². The molecule has 1 aromatic rings. The predicted molar refractivity (Wildman–Crippen MR) is 74.9 cm³/mol. The van der Waals surface area contributed by atoms with Gasteiger partial charge in [-0.3, -0.25) is 4.79 Å². The summed E-state index contributed by atoms with van der Waals surface area (Å²) in [5.41, 5.74) is 6.27. The minimum Gasteiger partial charge on any atom is -0.372 e. The molecule has 18 heavy (non-hydrogen) atoms. The highest BCUT2D eigenvalue weighted by Gasteiger charge is 2.07. The molecule has 0 aliphatic heterocycles. The van der Waals surface area contributed by atoms with Crippen molar-refractivity contribution in [2.45, 2.75) is 33.2 Å². The molecule has 5 heteroatoms. The van der Waals surface area contributed by atoms with Crippen LogP contribution in [0.2, 0.25) is 0 Å². The topological polar surface area (TPSA) is 64.2 Å². The lowest BCUT2D eigenvalue weighted by atomic mass is 10.1. The van der Waals surface area contributed by atoms with Crippen LogP contribution in [0.5, 0.6) is 0 Å². The molecule has 1 heterocycles. The van der Waals surface area contributed by atoms with E-state index in [1.54, 1.807) is 16.9 Å². The Morgan fingerprint density at radius 1 is 1.56 bits per heavy atom. The molecule has 0 fully saturated rings. The lowest BCUT2D eigenvalue weighted by Gasteiger charge is -2.18. The van der Waals surface area contributed by atoms with Crippen molar-refractivity contribution < 1.29 is 0 Å². The van der Waals surface area contributed by atoms with Gasteiger partial charge in [0.15, 0.2) is 0 Å². The summed E-state index contributed by atoms with van der Waals surface area (Å²) >= 11 is 0. The Morgan fingerprint density at radius 2 is 2.28 bits per heavy atom. The fourth-order valence-corrected chi connectivity index (χ4v) is 1.97.